The van der Waals surface area contributed by atoms with Gasteiger partial charge in [-0.25, -0.2) is 0 Å². The first-order valence-electron chi connectivity index (χ1n) is 15.2. The molecule has 0 spiro atoms. The highest BCUT2D eigenvalue weighted by atomic mass is 16.5. The number of unbranched alkanes of at least 4 members (excludes halogenated alkanes) is 1. The van der Waals surface area contributed by atoms with E-state index >= 15 is 0 Å². The molecule has 0 heterocycles. The van der Waals surface area contributed by atoms with Crippen molar-refractivity contribution in [2.45, 2.75) is 79.1 Å². The highest BCUT2D eigenvalue weighted by molar-refractivity contribution is 6.26. The molecule has 2 aliphatic rings. The number of hydrogen-bond acceptors (Lipinski definition) is 8. The van der Waals surface area contributed by atoms with Gasteiger partial charge in [0.05, 0.1) is 48.2 Å². The molecule has 0 unspecified atom stereocenters. The normalized spacial score (nSPS) is 22.2. The van der Waals surface area contributed by atoms with Crippen molar-refractivity contribution in [2.24, 2.45) is 20.8 Å². The number of methoxy groups -OCH3 is 2. The lowest BCUT2D eigenvalue weighted by Gasteiger charge is -2.31. The Balaban J connectivity index is 1.53. The van der Waals surface area contributed by atoms with Crippen molar-refractivity contribution in [2.75, 3.05) is 14.2 Å². The van der Waals surface area contributed by atoms with Gasteiger partial charge in [0.25, 0.3) is 0 Å². The van der Waals surface area contributed by atoms with E-state index in [0.29, 0.717) is 72.8 Å². The Hall–Kier alpha value is -4.20. The van der Waals surface area contributed by atoms with Gasteiger partial charge in [-0.1, -0.05) is 39.8 Å². The lowest BCUT2D eigenvalue weighted by atomic mass is 9.73. The van der Waals surface area contributed by atoms with Gasteiger partial charge in [-0.05, 0) is 60.8 Å². The Kier molecular flexibility index (Phi) is 10.1. The van der Waals surface area contributed by atoms with E-state index in [1.165, 1.54) is 0 Å². The van der Waals surface area contributed by atoms with Crippen LogP contribution in [-0.2, 0) is 9.59 Å². The van der Waals surface area contributed by atoms with Gasteiger partial charge >= 0.3 is 0 Å². The summed E-state index contributed by atoms with van der Waals surface area (Å²) < 4.78 is 10.6. The number of hydrogen-bond donors (Lipinski definition) is 2. The Labute approximate surface area is 260 Å². The molecule has 4 rings (SSSR count). The maximum atomic E-state index is 13.2. The first-order valence-corrected chi connectivity index (χ1v) is 15.2. The minimum Gasteiger partial charge on any atom is -0.511 e. The summed E-state index contributed by atoms with van der Waals surface area (Å²) >= 11 is 0. The number of aliphatic hydroxyl groups excluding tert-OH is 2. The number of carbonyl (C=O) groups excluding carboxylic acids is 2. The van der Waals surface area contributed by atoms with Gasteiger partial charge in [-0.15, -0.1) is 0 Å². The van der Waals surface area contributed by atoms with Crippen LogP contribution in [0.15, 0.2) is 81.2 Å². The van der Waals surface area contributed by atoms with E-state index < -0.39 is 0 Å². The minimum absolute atomic E-state index is 0.00931. The largest absolute Gasteiger partial charge is 0.511 e. The van der Waals surface area contributed by atoms with Crippen molar-refractivity contribution < 1.29 is 29.3 Å². The molecular formula is C36H44N2O6. The van der Waals surface area contributed by atoms with E-state index in [2.05, 4.69) is 0 Å². The van der Waals surface area contributed by atoms with Crippen LogP contribution in [0.4, 0.5) is 11.4 Å². The third kappa shape index (κ3) is 8.24. The molecule has 2 aliphatic carbocycles. The molecule has 2 aromatic carbocycles. The molecule has 0 atom stereocenters. The minimum atomic E-state index is -0.276. The Morgan fingerprint density at radius 2 is 1.07 bits per heavy atom. The van der Waals surface area contributed by atoms with Gasteiger partial charge in [0.15, 0.2) is 11.6 Å². The fourth-order valence-electron chi connectivity index (χ4n) is 5.93. The number of ketones is 2. The quantitative estimate of drug-likeness (QED) is 0.169. The monoisotopic (exact) mass is 600 g/mol. The molecule has 44 heavy (non-hydrogen) atoms. The van der Waals surface area contributed by atoms with Gasteiger partial charge < -0.3 is 19.7 Å². The van der Waals surface area contributed by atoms with Crippen LogP contribution in [0.25, 0.3) is 0 Å². The summed E-state index contributed by atoms with van der Waals surface area (Å²) in [6, 6.07) is 14.6. The number of ether oxygens (including phenoxy) is 2. The third-order valence-corrected chi connectivity index (χ3v) is 7.99. The fourth-order valence-corrected chi connectivity index (χ4v) is 5.93. The lowest BCUT2D eigenvalue weighted by Crippen LogP contribution is -2.32. The van der Waals surface area contributed by atoms with Crippen molar-refractivity contribution in [3.8, 4) is 11.5 Å². The lowest BCUT2D eigenvalue weighted by molar-refractivity contribution is -0.118. The number of allylic oxidation sites excluding steroid dienone is 4. The molecule has 0 amide bonds. The van der Waals surface area contributed by atoms with E-state index in [-0.39, 0.29) is 57.9 Å². The molecule has 2 N–H and O–H groups in total. The van der Waals surface area contributed by atoms with E-state index in [9.17, 15) is 19.8 Å². The molecule has 8 heteroatoms. The summed E-state index contributed by atoms with van der Waals surface area (Å²) in [7, 11) is 3.17. The molecule has 2 fully saturated rings. The SMILES string of the molecule is COc1cccc(N=C2CC(C)(C)CC(=O)/C2=C(/O)CCCC/C(O)=C2\C(=O)CC(C)(C)CC2=Nc2cccc(OC)c2)c1. The predicted molar refractivity (Wildman–Crippen MR) is 174 cm³/mol. The molecule has 0 aliphatic heterocycles. The Morgan fingerprint density at radius 3 is 1.43 bits per heavy atom. The first kappa shape index (κ1) is 32.7. The average molecular weight is 601 g/mol. The van der Waals surface area contributed by atoms with Crippen molar-refractivity contribution in [1.82, 2.24) is 0 Å². The van der Waals surface area contributed by atoms with Gasteiger partial charge in [0, 0.05) is 37.8 Å². The standard InChI is InChI=1S/C36H44N2O6/c1-35(2)19-27(37-23-11-9-13-25(17-23)43-5)33(31(41)21-35)29(39)15-7-8-16-30(40)34-28(20-36(3,4)22-32(34)42)38-24-12-10-14-26(18-24)44-6/h9-14,17-18,39-40H,7-8,15-16,19-22H2,1-6H3/b33-29+,34-30+,37-27?,38-28?. The number of benzene rings is 2. The number of aliphatic hydroxyl groups is 2. The smallest absolute Gasteiger partial charge is 0.168 e. The van der Waals surface area contributed by atoms with Crippen LogP contribution >= 0.6 is 0 Å². The Bertz CT molecular complexity index is 1430. The number of nitrogens with zero attached hydrogens (tertiary/aromatic N) is 2. The fraction of sp³-hybridized carbons (Fsp3) is 0.444. The van der Waals surface area contributed by atoms with Crippen LogP contribution < -0.4 is 9.47 Å². The number of carbonyl (C=O) groups is 2. The number of rotatable bonds is 9. The zero-order chi connectivity index (χ0) is 32.1. The molecular weight excluding hydrogens is 556 g/mol. The maximum absolute atomic E-state index is 13.2. The topological polar surface area (TPSA) is 118 Å². The molecule has 0 bridgehead atoms. The summed E-state index contributed by atoms with van der Waals surface area (Å²) in [5.74, 6) is 1.09. The van der Waals surface area contributed by atoms with Crippen LogP contribution in [0, 0.1) is 10.8 Å². The maximum Gasteiger partial charge on any atom is 0.168 e. The van der Waals surface area contributed by atoms with E-state index in [0.717, 1.165) is 0 Å². The van der Waals surface area contributed by atoms with Crippen molar-refractivity contribution in [1.29, 1.82) is 0 Å². The second-order valence-corrected chi connectivity index (χ2v) is 13.3. The van der Waals surface area contributed by atoms with Gasteiger partial charge in [0.2, 0.25) is 0 Å². The average Bonchev–Trinajstić information content (AvgIpc) is 2.93. The number of Topliss-reactive ketones (excluding diaryl/α,β-unsaturated/α-hetero) is 2. The Morgan fingerprint density at radius 1 is 0.682 bits per heavy atom. The summed E-state index contributed by atoms with van der Waals surface area (Å²) in [4.78, 5) is 35.9. The van der Waals surface area contributed by atoms with Crippen LogP contribution in [-0.4, -0.2) is 47.4 Å². The van der Waals surface area contributed by atoms with E-state index in [1.807, 2.05) is 64.1 Å². The summed E-state index contributed by atoms with van der Waals surface area (Å²) in [6.45, 7) is 8.09. The summed E-state index contributed by atoms with van der Waals surface area (Å²) in [5.41, 5.74) is 2.45. The van der Waals surface area contributed by atoms with Crippen molar-refractivity contribution in [3.63, 3.8) is 0 Å². The molecule has 0 aromatic heterocycles. The first-order chi connectivity index (χ1) is 20.8. The highest BCUT2D eigenvalue weighted by Gasteiger charge is 2.37. The van der Waals surface area contributed by atoms with Crippen LogP contribution in [0.1, 0.15) is 79.1 Å². The zero-order valence-corrected chi connectivity index (χ0v) is 26.7. The van der Waals surface area contributed by atoms with E-state index in [4.69, 9.17) is 19.5 Å². The summed E-state index contributed by atoms with van der Waals surface area (Å²) in [5, 5.41) is 22.2. The van der Waals surface area contributed by atoms with Crippen LogP contribution in [0.3, 0.4) is 0 Å². The van der Waals surface area contributed by atoms with Gasteiger partial charge in [-0.3, -0.25) is 19.6 Å². The van der Waals surface area contributed by atoms with Crippen molar-refractivity contribution in [3.05, 3.63) is 71.2 Å². The third-order valence-electron chi connectivity index (χ3n) is 7.99. The van der Waals surface area contributed by atoms with Gasteiger partial charge in [0.1, 0.15) is 23.0 Å². The zero-order valence-electron chi connectivity index (χ0n) is 26.7. The second kappa shape index (κ2) is 13.6. The molecule has 0 radical (unpaired) electrons. The van der Waals surface area contributed by atoms with Crippen LogP contribution in [0.2, 0.25) is 0 Å². The van der Waals surface area contributed by atoms with Crippen LogP contribution in [0.5, 0.6) is 11.5 Å². The van der Waals surface area contributed by atoms with E-state index in [1.54, 1.807) is 26.4 Å². The second-order valence-electron chi connectivity index (χ2n) is 13.3. The molecule has 8 nitrogen and oxygen atoms in total. The predicted octanol–water partition coefficient (Wildman–Crippen LogP) is 8.51. The van der Waals surface area contributed by atoms with Gasteiger partial charge in [-0.2, -0.15) is 0 Å². The molecule has 2 aromatic rings. The summed E-state index contributed by atoms with van der Waals surface area (Å²) in [6.07, 6.45) is 3.29. The molecule has 234 valence electrons. The van der Waals surface area contributed by atoms with Crippen molar-refractivity contribution >= 4 is 34.4 Å². The molecule has 0 saturated heterocycles. The highest BCUT2D eigenvalue weighted by Crippen LogP contribution is 2.39. The number of aliphatic imine (C=N–C) groups is 2. The molecule has 2 saturated carbocycles.